The van der Waals surface area contributed by atoms with E-state index in [1.165, 1.54) is 0 Å². The van der Waals surface area contributed by atoms with Crippen LogP contribution in [0.1, 0.15) is 0 Å². The molecule has 60 valence electrons. The van der Waals surface area contributed by atoms with E-state index in [2.05, 4.69) is 20.3 Å². The number of aromatic nitrogens is 3. The average Bonchev–Trinajstić information content (AvgIpc) is 1.85. The molecule has 1 rings (SSSR count). The highest BCUT2D eigenvalue weighted by Gasteiger charge is 2.00. The predicted octanol–water partition coefficient (Wildman–Crippen LogP) is 0.540. The van der Waals surface area contributed by atoms with Crippen LogP contribution in [0.2, 0.25) is 10.6 Å². The van der Waals surface area contributed by atoms with Gasteiger partial charge in [0.25, 0.3) is 0 Å². The highest BCUT2D eigenvalue weighted by atomic mass is 35.5. The van der Waals surface area contributed by atoms with Crippen LogP contribution in [-0.2, 0) is 0 Å². The molecule has 1 aromatic heterocycles. The van der Waals surface area contributed by atoms with Crippen LogP contribution in [0.3, 0.4) is 0 Å². The zero-order valence-electron chi connectivity index (χ0n) is 5.25. The molecule has 0 aliphatic rings. The summed E-state index contributed by atoms with van der Waals surface area (Å²) >= 11 is 10.8. The van der Waals surface area contributed by atoms with Crippen LogP contribution in [0.5, 0.6) is 0 Å². The Morgan fingerprint density at radius 2 is 1.73 bits per heavy atom. The summed E-state index contributed by atoms with van der Waals surface area (Å²) in [5.41, 5.74) is 0. The first-order valence-electron chi connectivity index (χ1n) is 2.64. The Morgan fingerprint density at radius 1 is 1.18 bits per heavy atom. The number of halogens is 2. The van der Waals surface area contributed by atoms with E-state index in [-0.39, 0.29) is 23.2 Å². The largest absolute Gasteiger partial charge is 0.376 e. The van der Waals surface area contributed by atoms with Crippen molar-refractivity contribution in [3.05, 3.63) is 10.6 Å². The molecule has 0 bridgehead atoms. The Labute approximate surface area is 72.4 Å². The highest BCUT2D eigenvalue weighted by molar-refractivity contribution is 6.31. The van der Waals surface area contributed by atoms with Gasteiger partial charge in [-0.15, -0.1) is 0 Å². The lowest BCUT2D eigenvalue weighted by molar-refractivity contribution is 0.324. The summed E-state index contributed by atoms with van der Waals surface area (Å²) in [6.45, 7) is -0.281. The lowest BCUT2D eigenvalue weighted by Gasteiger charge is -1.99. The number of aliphatic hydroxyl groups excluding tert-OH is 1. The van der Waals surface area contributed by atoms with Crippen molar-refractivity contribution in [3.8, 4) is 0 Å². The third-order valence-electron chi connectivity index (χ3n) is 0.818. The van der Waals surface area contributed by atoms with Gasteiger partial charge in [0.2, 0.25) is 16.5 Å². The molecule has 0 aromatic carbocycles. The van der Waals surface area contributed by atoms with E-state index in [4.69, 9.17) is 28.3 Å². The second-order valence-electron chi connectivity index (χ2n) is 1.53. The lowest BCUT2D eigenvalue weighted by Crippen LogP contribution is -2.05. The van der Waals surface area contributed by atoms with E-state index in [9.17, 15) is 0 Å². The Kier molecular flexibility index (Phi) is 2.81. The van der Waals surface area contributed by atoms with Crippen LogP contribution in [0, 0.1) is 0 Å². The predicted molar refractivity (Wildman–Crippen MR) is 40.6 cm³/mol. The van der Waals surface area contributed by atoms with E-state index < -0.39 is 0 Å². The number of nitrogens with one attached hydrogen (secondary N) is 1. The van der Waals surface area contributed by atoms with Crippen molar-refractivity contribution >= 4 is 29.2 Å². The maximum atomic E-state index is 8.40. The monoisotopic (exact) mass is 194 g/mol. The molecule has 5 nitrogen and oxygen atoms in total. The summed E-state index contributed by atoms with van der Waals surface area (Å²) in [4.78, 5) is 10.7. The van der Waals surface area contributed by atoms with Crippen LogP contribution < -0.4 is 5.32 Å². The van der Waals surface area contributed by atoms with Crippen LogP contribution in [0.25, 0.3) is 0 Å². The van der Waals surface area contributed by atoms with Gasteiger partial charge in [-0.1, -0.05) is 0 Å². The second-order valence-corrected chi connectivity index (χ2v) is 2.21. The van der Waals surface area contributed by atoms with Crippen molar-refractivity contribution < 1.29 is 5.11 Å². The standard InChI is InChI=1S/C4H4Cl2N4O/c5-2-8-3(6)10-4(9-2)7-1-11/h11H,1H2,(H,7,8,9,10). The third kappa shape index (κ3) is 2.45. The number of aliphatic hydroxyl groups is 1. The molecule has 0 radical (unpaired) electrons. The van der Waals surface area contributed by atoms with Gasteiger partial charge in [0, 0.05) is 0 Å². The molecule has 0 fully saturated rings. The van der Waals surface area contributed by atoms with Gasteiger partial charge in [-0.3, -0.25) is 0 Å². The summed E-state index contributed by atoms with van der Waals surface area (Å²) in [5.74, 6) is 0.150. The fourth-order valence-corrected chi connectivity index (χ4v) is 0.839. The van der Waals surface area contributed by atoms with Gasteiger partial charge >= 0.3 is 0 Å². The maximum Gasteiger partial charge on any atom is 0.230 e. The molecular weight excluding hydrogens is 191 g/mol. The Morgan fingerprint density at radius 3 is 2.18 bits per heavy atom. The fraction of sp³-hybridized carbons (Fsp3) is 0.250. The molecule has 0 atom stereocenters. The molecule has 1 heterocycles. The van der Waals surface area contributed by atoms with Crippen molar-refractivity contribution in [1.82, 2.24) is 15.0 Å². The number of hydrogen-bond donors (Lipinski definition) is 2. The van der Waals surface area contributed by atoms with Crippen molar-refractivity contribution in [3.63, 3.8) is 0 Å². The average molecular weight is 195 g/mol. The first-order chi connectivity index (χ1) is 5.22. The molecule has 1 aromatic rings. The molecule has 0 spiro atoms. The zero-order valence-corrected chi connectivity index (χ0v) is 6.76. The number of nitrogens with zero attached hydrogens (tertiary/aromatic N) is 3. The molecule has 7 heteroatoms. The molecular formula is C4H4Cl2N4O. The molecule has 0 aliphatic carbocycles. The minimum Gasteiger partial charge on any atom is -0.376 e. The number of anilines is 1. The van der Waals surface area contributed by atoms with Gasteiger partial charge in [0.1, 0.15) is 6.73 Å². The molecule has 11 heavy (non-hydrogen) atoms. The maximum absolute atomic E-state index is 8.40. The minimum absolute atomic E-state index is 0.0130. The third-order valence-corrected chi connectivity index (χ3v) is 1.16. The lowest BCUT2D eigenvalue weighted by atomic mass is 10.9. The van der Waals surface area contributed by atoms with Gasteiger partial charge in [0.05, 0.1) is 0 Å². The first-order valence-corrected chi connectivity index (χ1v) is 3.40. The summed E-state index contributed by atoms with van der Waals surface area (Å²) in [5, 5.41) is 10.8. The normalized spacial score (nSPS) is 9.73. The van der Waals surface area contributed by atoms with Crippen LogP contribution >= 0.6 is 23.2 Å². The fourth-order valence-electron chi connectivity index (χ4n) is 0.476. The zero-order chi connectivity index (χ0) is 8.27. The number of rotatable bonds is 2. The molecule has 0 saturated heterocycles. The van der Waals surface area contributed by atoms with E-state index in [0.717, 1.165) is 0 Å². The molecule has 0 saturated carbocycles. The van der Waals surface area contributed by atoms with Gasteiger partial charge in [0.15, 0.2) is 0 Å². The SMILES string of the molecule is OCNc1nc(Cl)nc(Cl)n1. The summed E-state index contributed by atoms with van der Waals surface area (Å²) in [6, 6.07) is 0. The summed E-state index contributed by atoms with van der Waals surface area (Å²) < 4.78 is 0. The summed E-state index contributed by atoms with van der Waals surface area (Å²) in [7, 11) is 0. The van der Waals surface area contributed by atoms with Crippen molar-refractivity contribution in [2.45, 2.75) is 0 Å². The summed E-state index contributed by atoms with van der Waals surface area (Å²) in [6.07, 6.45) is 0. The van der Waals surface area contributed by atoms with Crippen molar-refractivity contribution in [2.75, 3.05) is 12.0 Å². The van der Waals surface area contributed by atoms with Crippen molar-refractivity contribution in [1.29, 1.82) is 0 Å². The van der Waals surface area contributed by atoms with Crippen LogP contribution in [0.4, 0.5) is 5.95 Å². The van der Waals surface area contributed by atoms with E-state index in [1.807, 2.05) is 0 Å². The van der Waals surface area contributed by atoms with E-state index >= 15 is 0 Å². The van der Waals surface area contributed by atoms with Gasteiger partial charge in [-0.2, -0.15) is 15.0 Å². The molecule has 0 unspecified atom stereocenters. The molecule has 0 aliphatic heterocycles. The smallest absolute Gasteiger partial charge is 0.230 e. The van der Waals surface area contributed by atoms with Crippen LogP contribution in [-0.4, -0.2) is 26.8 Å². The van der Waals surface area contributed by atoms with Gasteiger partial charge in [-0.25, -0.2) is 0 Å². The Balaban J connectivity index is 2.89. The first kappa shape index (κ1) is 8.45. The quantitative estimate of drug-likeness (QED) is 0.673. The van der Waals surface area contributed by atoms with Gasteiger partial charge < -0.3 is 10.4 Å². The Hall–Kier alpha value is -0.650. The van der Waals surface area contributed by atoms with E-state index in [1.54, 1.807) is 0 Å². The Bertz CT molecular complexity index is 236. The highest BCUT2D eigenvalue weighted by Crippen LogP contribution is 2.08. The minimum atomic E-state index is -0.281. The van der Waals surface area contributed by atoms with Crippen molar-refractivity contribution in [2.24, 2.45) is 0 Å². The van der Waals surface area contributed by atoms with Gasteiger partial charge in [-0.05, 0) is 23.2 Å². The molecule has 2 N–H and O–H groups in total. The van der Waals surface area contributed by atoms with E-state index in [0.29, 0.717) is 0 Å². The topological polar surface area (TPSA) is 70.9 Å². The second kappa shape index (κ2) is 3.66. The molecule has 0 amide bonds. The van der Waals surface area contributed by atoms with Crippen LogP contribution in [0.15, 0.2) is 0 Å². The number of hydrogen-bond acceptors (Lipinski definition) is 5.